The lowest BCUT2D eigenvalue weighted by atomic mass is 10.0. The third-order valence-electron chi connectivity index (χ3n) is 7.74. The molecule has 2 amide bonds. The second-order valence-electron chi connectivity index (χ2n) is 11.2. The lowest BCUT2D eigenvalue weighted by Crippen LogP contribution is -2.36. The third-order valence-corrected chi connectivity index (χ3v) is 9.57. The highest BCUT2D eigenvalue weighted by Crippen LogP contribution is 2.32. The van der Waals surface area contributed by atoms with E-state index >= 15 is 0 Å². The van der Waals surface area contributed by atoms with E-state index in [0.29, 0.717) is 36.1 Å². The number of hydrogen-bond donors (Lipinski definition) is 4. The highest BCUT2D eigenvalue weighted by atomic mass is 32.2. The van der Waals surface area contributed by atoms with Gasteiger partial charge >= 0.3 is 5.97 Å². The van der Waals surface area contributed by atoms with Gasteiger partial charge in [-0.15, -0.1) is 0 Å². The van der Waals surface area contributed by atoms with E-state index in [1.807, 2.05) is 19.0 Å². The zero-order valence-corrected chi connectivity index (χ0v) is 26.4. The van der Waals surface area contributed by atoms with Gasteiger partial charge in [0, 0.05) is 57.5 Å². The molecule has 2 aromatic carbocycles. The number of H-pyrrole nitrogens is 1. The molecule has 17 heteroatoms. The number of aromatic carboxylic acids is 1. The van der Waals surface area contributed by atoms with E-state index in [2.05, 4.69) is 15.5 Å². The van der Waals surface area contributed by atoms with Crippen molar-refractivity contribution in [3.05, 3.63) is 88.4 Å². The molecule has 0 unspecified atom stereocenters. The van der Waals surface area contributed by atoms with Crippen molar-refractivity contribution in [3.63, 3.8) is 0 Å². The Hall–Kier alpha value is -5.13. The van der Waals surface area contributed by atoms with E-state index in [9.17, 15) is 36.7 Å². The van der Waals surface area contributed by atoms with Gasteiger partial charge in [-0.3, -0.25) is 14.7 Å². The number of sulfonamides is 1. The van der Waals surface area contributed by atoms with Gasteiger partial charge in [0.25, 0.3) is 5.91 Å². The van der Waals surface area contributed by atoms with E-state index in [1.54, 1.807) is 11.9 Å². The molecule has 248 valence electrons. The van der Waals surface area contributed by atoms with Crippen LogP contribution in [0.15, 0.2) is 53.6 Å². The third kappa shape index (κ3) is 6.72. The number of carbonyl (C=O) groups excluding carboxylic acids is 2. The van der Waals surface area contributed by atoms with Gasteiger partial charge in [-0.1, -0.05) is 0 Å². The minimum Gasteiger partial charge on any atom is -0.477 e. The Kier molecular flexibility index (Phi) is 9.15. The van der Waals surface area contributed by atoms with Crippen LogP contribution in [0.25, 0.3) is 5.69 Å². The number of benzene rings is 2. The maximum absolute atomic E-state index is 13.8. The fourth-order valence-electron chi connectivity index (χ4n) is 5.28. The maximum atomic E-state index is 13.8. The largest absolute Gasteiger partial charge is 0.477 e. The van der Waals surface area contributed by atoms with Crippen molar-refractivity contribution in [3.8, 4) is 5.69 Å². The van der Waals surface area contributed by atoms with Crippen molar-refractivity contribution < 1.29 is 36.7 Å². The summed E-state index contributed by atoms with van der Waals surface area (Å²) in [5.41, 5.74) is 6.80. The van der Waals surface area contributed by atoms with Crippen LogP contribution in [-0.2, 0) is 23.0 Å². The summed E-state index contributed by atoms with van der Waals surface area (Å²) in [6.45, 7) is 0.784. The SMILES string of the molecule is CN(C)CCN(C)c1cc(C(N)=O)c(C(=O)Nc2[nH]nc3c2CN(S(=O)(=O)c2cc(F)cc(F)c2)CC3)cc1-n1cccc1C(=O)O. The van der Waals surface area contributed by atoms with E-state index in [1.165, 1.54) is 35.0 Å². The smallest absolute Gasteiger partial charge is 0.352 e. The van der Waals surface area contributed by atoms with Gasteiger partial charge in [0.15, 0.2) is 0 Å². The number of amides is 2. The number of primary amides is 1. The highest BCUT2D eigenvalue weighted by Gasteiger charge is 2.33. The first-order valence-electron chi connectivity index (χ1n) is 14.3. The molecule has 3 heterocycles. The van der Waals surface area contributed by atoms with Gasteiger partial charge in [0.1, 0.15) is 23.1 Å². The number of likely N-dealkylation sites (N-methyl/N-ethyl adjacent to an activating group) is 2. The Bertz CT molecular complexity index is 1970. The average Bonchev–Trinajstić information content (AvgIpc) is 3.66. The Morgan fingerprint density at radius 2 is 1.77 bits per heavy atom. The Labute approximate surface area is 268 Å². The predicted octanol–water partition coefficient (Wildman–Crippen LogP) is 2.27. The summed E-state index contributed by atoms with van der Waals surface area (Å²) >= 11 is 0. The molecule has 5 rings (SSSR count). The molecule has 14 nitrogen and oxygen atoms in total. The number of fused-ring (bicyclic) bond motifs is 1. The van der Waals surface area contributed by atoms with Gasteiger partial charge in [0.2, 0.25) is 15.9 Å². The number of hydrogen-bond acceptors (Lipinski definition) is 8. The summed E-state index contributed by atoms with van der Waals surface area (Å²) in [4.78, 5) is 41.7. The molecule has 0 atom stereocenters. The van der Waals surface area contributed by atoms with Gasteiger partial charge in [-0.25, -0.2) is 22.0 Å². The van der Waals surface area contributed by atoms with Crippen molar-refractivity contribution in [2.24, 2.45) is 5.73 Å². The summed E-state index contributed by atoms with van der Waals surface area (Å²) in [6.07, 6.45) is 1.65. The molecule has 47 heavy (non-hydrogen) atoms. The molecular formula is C30H32F2N8O6S. The number of rotatable bonds is 11. The first-order chi connectivity index (χ1) is 22.2. The van der Waals surface area contributed by atoms with Crippen LogP contribution < -0.4 is 16.0 Å². The molecule has 4 aromatic rings. The van der Waals surface area contributed by atoms with Crippen molar-refractivity contribution in [1.29, 1.82) is 0 Å². The molecule has 5 N–H and O–H groups in total. The van der Waals surface area contributed by atoms with Crippen LogP contribution in [0.4, 0.5) is 20.3 Å². The summed E-state index contributed by atoms with van der Waals surface area (Å²) < 4.78 is 56.6. The quantitative estimate of drug-likeness (QED) is 0.186. The van der Waals surface area contributed by atoms with E-state index < -0.39 is 44.3 Å². The average molecular weight is 671 g/mol. The first kappa shape index (κ1) is 33.2. The van der Waals surface area contributed by atoms with Gasteiger partial charge < -0.3 is 30.5 Å². The number of carbonyl (C=O) groups is 3. The molecule has 1 aliphatic heterocycles. The summed E-state index contributed by atoms with van der Waals surface area (Å²) in [5, 5.41) is 19.3. The van der Waals surface area contributed by atoms with E-state index in [-0.39, 0.29) is 47.8 Å². The Balaban J connectivity index is 1.52. The number of nitrogens with one attached hydrogen (secondary N) is 2. The standard InChI is InChI=1S/C30H32F2N8O6S/c1-37(2)9-10-38(3)25-14-20(27(33)41)21(15-26(25)40-7-4-5-24(40)30(43)44)29(42)34-28-22-16-39(8-6-23(22)35-36-28)47(45,46)19-12-17(31)11-18(32)13-19/h4-5,7,11-15H,6,8-10,16H2,1-3H3,(H2,33,41)(H,43,44)(H2,34,35,36,42). The molecule has 0 saturated carbocycles. The summed E-state index contributed by atoms with van der Waals surface area (Å²) in [7, 11) is 1.20. The molecular weight excluding hydrogens is 638 g/mol. The van der Waals surface area contributed by atoms with Crippen molar-refractivity contribution in [2.75, 3.05) is 51.0 Å². The normalized spacial score (nSPS) is 13.4. The van der Waals surface area contributed by atoms with Crippen LogP contribution >= 0.6 is 0 Å². The maximum Gasteiger partial charge on any atom is 0.352 e. The number of nitrogens with two attached hydrogens (primary N) is 1. The first-order valence-corrected chi connectivity index (χ1v) is 15.7. The lowest BCUT2D eigenvalue weighted by Gasteiger charge is -2.27. The molecule has 2 aromatic heterocycles. The van der Waals surface area contributed by atoms with E-state index in [4.69, 9.17) is 5.73 Å². The molecule has 0 fully saturated rings. The van der Waals surface area contributed by atoms with Crippen molar-refractivity contribution in [1.82, 2.24) is 24.0 Å². The van der Waals surface area contributed by atoms with Crippen molar-refractivity contribution >= 4 is 39.3 Å². The fourth-order valence-corrected chi connectivity index (χ4v) is 6.74. The number of aromatic amines is 1. The lowest BCUT2D eigenvalue weighted by molar-refractivity contribution is 0.0687. The number of carboxylic acids is 1. The monoisotopic (exact) mass is 670 g/mol. The minimum atomic E-state index is -4.33. The minimum absolute atomic E-state index is 0.0339. The number of nitrogens with zero attached hydrogens (tertiary/aromatic N) is 5. The Morgan fingerprint density at radius 1 is 1.06 bits per heavy atom. The van der Waals surface area contributed by atoms with Crippen LogP contribution in [-0.4, -0.2) is 96.1 Å². The molecule has 0 bridgehead atoms. The molecule has 0 aliphatic carbocycles. The van der Waals surface area contributed by atoms with Gasteiger partial charge in [-0.2, -0.15) is 9.40 Å². The second kappa shape index (κ2) is 12.9. The van der Waals surface area contributed by atoms with Crippen LogP contribution in [0.3, 0.4) is 0 Å². The predicted molar refractivity (Wildman–Crippen MR) is 167 cm³/mol. The van der Waals surface area contributed by atoms with Crippen LogP contribution in [0, 0.1) is 11.6 Å². The van der Waals surface area contributed by atoms with Crippen LogP contribution in [0.1, 0.15) is 42.5 Å². The van der Waals surface area contributed by atoms with Crippen molar-refractivity contribution in [2.45, 2.75) is 17.9 Å². The summed E-state index contributed by atoms with van der Waals surface area (Å²) in [5.74, 6) is -5.01. The van der Waals surface area contributed by atoms with Gasteiger partial charge in [-0.05, 0) is 50.5 Å². The highest BCUT2D eigenvalue weighted by molar-refractivity contribution is 7.89. The summed E-state index contributed by atoms with van der Waals surface area (Å²) in [6, 6.07) is 7.71. The number of aromatic nitrogens is 3. The molecule has 1 aliphatic rings. The zero-order chi connectivity index (χ0) is 34.2. The van der Waals surface area contributed by atoms with E-state index in [0.717, 1.165) is 16.4 Å². The van der Waals surface area contributed by atoms with Gasteiger partial charge in [0.05, 0.1) is 33.1 Å². The fraction of sp³-hybridized carbons (Fsp3) is 0.267. The van der Waals surface area contributed by atoms with Crippen LogP contribution in [0.2, 0.25) is 0 Å². The Morgan fingerprint density at radius 3 is 2.40 bits per heavy atom. The zero-order valence-electron chi connectivity index (χ0n) is 25.6. The number of carboxylic acid groups (broad SMARTS) is 1. The van der Waals surface area contributed by atoms with Crippen LogP contribution in [0.5, 0.6) is 0 Å². The molecule has 0 radical (unpaired) electrons. The topological polar surface area (TPSA) is 187 Å². The number of halogens is 2. The molecule has 0 saturated heterocycles. The second-order valence-corrected chi connectivity index (χ2v) is 13.2. The number of anilines is 2. The molecule has 0 spiro atoms.